The Kier molecular flexibility index (Phi) is 13.0. The molecule has 0 spiro atoms. The normalized spacial score (nSPS) is 27.6. The maximum absolute atomic E-state index is 10.3. The van der Waals surface area contributed by atoms with Crippen LogP contribution in [0.5, 0.6) is 0 Å². The fraction of sp³-hybridized carbons (Fsp3) is 0.688. The van der Waals surface area contributed by atoms with Gasteiger partial charge in [0, 0.05) is 38.6 Å². The molecule has 0 saturated carbocycles. The summed E-state index contributed by atoms with van der Waals surface area (Å²) in [6.07, 6.45) is 2.41. The Balaban J connectivity index is 0. The van der Waals surface area contributed by atoms with E-state index in [1.54, 1.807) is 0 Å². The second-order valence-corrected chi connectivity index (χ2v) is 5.54. The molecule has 6 nitrogen and oxygen atoms in total. The number of fused-ring (bicyclic) bond motifs is 1. The van der Waals surface area contributed by atoms with Crippen molar-refractivity contribution in [3.8, 4) is 0 Å². The molecule has 7 heteroatoms. The average molecular weight is 402 g/mol. The van der Waals surface area contributed by atoms with E-state index in [2.05, 4.69) is 31.0 Å². The maximum atomic E-state index is 10.3. The number of hydrogen-bond donors (Lipinski definition) is 0. The molecule has 2 saturated heterocycles. The molecule has 4 atom stereocenters. The van der Waals surface area contributed by atoms with E-state index in [1.807, 2.05) is 13.8 Å². The van der Waals surface area contributed by atoms with Crippen LogP contribution in [-0.2, 0) is 47.0 Å². The van der Waals surface area contributed by atoms with Crippen molar-refractivity contribution in [1.29, 1.82) is 0 Å². The van der Waals surface area contributed by atoms with Crippen molar-refractivity contribution in [1.82, 2.24) is 0 Å². The summed E-state index contributed by atoms with van der Waals surface area (Å²) in [5.41, 5.74) is 0.816. The summed E-state index contributed by atoms with van der Waals surface area (Å²) in [6.45, 7) is 15.7. The molecule has 1 radical (unpaired) electrons. The molecular weight excluding hydrogens is 375 g/mol. The molecule has 2 aliphatic heterocycles. The van der Waals surface area contributed by atoms with Gasteiger partial charge in [-0.25, -0.2) is 19.1 Å². The van der Waals surface area contributed by atoms with Gasteiger partial charge in [-0.3, -0.25) is 6.58 Å². The van der Waals surface area contributed by atoms with Crippen LogP contribution in [0.2, 0.25) is 0 Å². The Morgan fingerprint density at radius 2 is 1.96 bits per heavy atom. The molecule has 2 heterocycles. The molecule has 4 unspecified atom stereocenters. The first-order valence-corrected chi connectivity index (χ1v) is 6.91. The van der Waals surface area contributed by atoms with E-state index in [0.717, 1.165) is 5.57 Å². The summed E-state index contributed by atoms with van der Waals surface area (Å²) in [4.78, 5) is 14.8. The zero-order chi connectivity index (χ0) is 16.0. The minimum absolute atomic E-state index is 0. The van der Waals surface area contributed by atoms with Gasteiger partial charge in [0.15, 0.2) is 6.10 Å². The molecule has 0 aromatic heterocycles. The van der Waals surface area contributed by atoms with E-state index in [1.165, 1.54) is 0 Å². The number of rotatable bonds is 5. The van der Waals surface area contributed by atoms with Crippen molar-refractivity contribution >= 4 is 0 Å². The third kappa shape index (κ3) is 8.29. The fourth-order valence-electron chi connectivity index (χ4n) is 2.29. The van der Waals surface area contributed by atoms with Crippen molar-refractivity contribution in [2.24, 2.45) is 11.8 Å². The van der Waals surface area contributed by atoms with E-state index < -0.39 is 11.2 Å². The van der Waals surface area contributed by atoms with Gasteiger partial charge < -0.3 is 20.4 Å². The number of nitrogens with zero attached hydrogens (tertiary/aromatic N) is 1. The molecule has 0 bridgehead atoms. The quantitative estimate of drug-likeness (QED) is 0.402. The topological polar surface area (TPSA) is 70.8 Å². The van der Waals surface area contributed by atoms with Gasteiger partial charge in [-0.05, 0) is 0 Å². The zero-order valence-corrected chi connectivity index (χ0v) is 16.0. The van der Waals surface area contributed by atoms with Crippen LogP contribution in [0.1, 0.15) is 27.7 Å². The molecular formula is C16H27NO5Y-2. The monoisotopic (exact) mass is 402 g/mol. The predicted octanol–water partition coefficient (Wildman–Crippen LogP) is 3.02. The maximum Gasteiger partial charge on any atom is 0.294 e. The van der Waals surface area contributed by atoms with Crippen LogP contribution in [0.15, 0.2) is 18.7 Å². The van der Waals surface area contributed by atoms with Gasteiger partial charge in [-0.15, -0.1) is 10.1 Å². The van der Waals surface area contributed by atoms with Crippen LogP contribution >= 0.6 is 0 Å². The second kappa shape index (κ2) is 12.0. The Labute approximate surface area is 164 Å². The minimum Gasteiger partial charge on any atom is -0.501 e. The van der Waals surface area contributed by atoms with Crippen molar-refractivity contribution < 1.29 is 52.1 Å². The van der Waals surface area contributed by atoms with Gasteiger partial charge in [0.25, 0.3) is 5.09 Å². The van der Waals surface area contributed by atoms with Crippen LogP contribution < -0.4 is 0 Å². The third-order valence-electron chi connectivity index (χ3n) is 3.29. The standard InChI is InChI=1S/C10H14NO5.C5H9.CH4.Y/c1-6(2)3-7-4-14-10-8(16-11(12)13)5-15-9(7)10;1-4-5(2)3;;/h7-10H,1-5H2;5H,1H2,2-3H3;1H4;/q2*-1;;. The van der Waals surface area contributed by atoms with Gasteiger partial charge in [-0.1, -0.05) is 27.7 Å². The molecule has 23 heavy (non-hydrogen) atoms. The van der Waals surface area contributed by atoms with E-state index in [0.29, 0.717) is 18.9 Å². The summed E-state index contributed by atoms with van der Waals surface area (Å²) in [5.74, 6) is 0.699. The Morgan fingerprint density at radius 1 is 1.43 bits per heavy atom. The van der Waals surface area contributed by atoms with Crippen LogP contribution in [0.4, 0.5) is 0 Å². The first-order valence-electron chi connectivity index (χ1n) is 6.91. The van der Waals surface area contributed by atoms with Gasteiger partial charge >= 0.3 is 0 Å². The van der Waals surface area contributed by atoms with Crippen molar-refractivity contribution in [2.45, 2.75) is 46.0 Å². The van der Waals surface area contributed by atoms with Crippen LogP contribution in [0, 0.1) is 34.9 Å². The summed E-state index contributed by atoms with van der Waals surface area (Å²) >= 11 is 0. The second-order valence-electron chi connectivity index (χ2n) is 5.54. The molecule has 2 rings (SSSR count). The Bertz CT molecular complexity index is 359. The summed E-state index contributed by atoms with van der Waals surface area (Å²) in [7, 11) is 0. The van der Waals surface area contributed by atoms with Crippen LogP contribution in [0.3, 0.4) is 0 Å². The molecule has 0 amide bonds. The molecule has 2 aliphatic rings. The summed E-state index contributed by atoms with van der Waals surface area (Å²) in [5, 5.41) is 9.45. The first kappa shape index (κ1) is 24.8. The fourth-order valence-corrected chi connectivity index (χ4v) is 2.29. The van der Waals surface area contributed by atoms with Gasteiger partial charge in [0.2, 0.25) is 0 Å². The average Bonchev–Trinajstić information content (AvgIpc) is 2.94. The molecule has 0 aromatic carbocycles. The van der Waals surface area contributed by atoms with Gasteiger partial charge in [0.1, 0.15) is 6.10 Å². The van der Waals surface area contributed by atoms with E-state index in [9.17, 15) is 10.1 Å². The zero-order valence-electron chi connectivity index (χ0n) is 13.2. The predicted molar refractivity (Wildman–Crippen MR) is 84.4 cm³/mol. The summed E-state index contributed by atoms with van der Waals surface area (Å²) < 4.78 is 11.0. The van der Waals surface area contributed by atoms with Gasteiger partial charge in [0.05, 0.1) is 19.3 Å². The van der Waals surface area contributed by atoms with E-state index in [-0.39, 0.29) is 64.9 Å². The van der Waals surface area contributed by atoms with Gasteiger partial charge in [-0.2, -0.15) is 5.92 Å². The van der Waals surface area contributed by atoms with Crippen LogP contribution in [-0.4, -0.2) is 36.6 Å². The van der Waals surface area contributed by atoms with Crippen molar-refractivity contribution in [3.05, 3.63) is 41.8 Å². The smallest absolute Gasteiger partial charge is 0.294 e. The number of ether oxygens (including phenoxy) is 2. The molecule has 0 N–H and O–H groups in total. The minimum atomic E-state index is -0.798. The Hall–Kier alpha value is -0.426. The molecule has 131 valence electrons. The summed E-state index contributed by atoms with van der Waals surface area (Å²) in [6, 6.07) is 0. The SMILES string of the molecule is C.C=C([CH2-])CC1COC2C(O[N+](=O)[O-])COC12.C=[C-]C(C)C.[Y]. The number of allylic oxidation sites excluding steroid dienone is 2. The largest absolute Gasteiger partial charge is 0.501 e. The first-order chi connectivity index (χ1) is 9.85. The van der Waals surface area contributed by atoms with Crippen LogP contribution in [0.25, 0.3) is 0 Å². The molecule has 2 fully saturated rings. The number of hydrogen-bond acceptors (Lipinski definition) is 5. The Morgan fingerprint density at radius 3 is 2.39 bits per heavy atom. The molecule has 0 aliphatic carbocycles. The van der Waals surface area contributed by atoms with E-state index in [4.69, 9.17) is 9.47 Å². The van der Waals surface area contributed by atoms with E-state index >= 15 is 0 Å². The molecule has 0 aromatic rings. The van der Waals surface area contributed by atoms with Crippen molar-refractivity contribution in [2.75, 3.05) is 13.2 Å². The third-order valence-corrected chi connectivity index (χ3v) is 3.29. The van der Waals surface area contributed by atoms with Crippen molar-refractivity contribution in [3.63, 3.8) is 0 Å².